The highest BCUT2D eigenvalue weighted by molar-refractivity contribution is 4.89. The topological polar surface area (TPSA) is 20.2 Å². The van der Waals surface area contributed by atoms with Crippen molar-refractivity contribution < 1.29 is 5.11 Å². The van der Waals surface area contributed by atoms with E-state index in [0.29, 0.717) is 17.3 Å². The van der Waals surface area contributed by atoms with Gasteiger partial charge in [-0.25, -0.2) is 0 Å². The molecule has 1 aliphatic carbocycles. The molecule has 1 heteroatoms. The Hall–Kier alpha value is -0.0400. The van der Waals surface area contributed by atoms with Crippen molar-refractivity contribution in [3.8, 4) is 0 Å². The summed E-state index contributed by atoms with van der Waals surface area (Å²) < 4.78 is 0. The van der Waals surface area contributed by atoms with Crippen LogP contribution in [0.25, 0.3) is 0 Å². The van der Waals surface area contributed by atoms with E-state index in [2.05, 4.69) is 34.6 Å². The smallest absolute Gasteiger partial charge is 0.0576 e. The molecule has 1 fully saturated rings. The van der Waals surface area contributed by atoms with E-state index in [0.717, 1.165) is 12.3 Å². The highest BCUT2D eigenvalue weighted by atomic mass is 16.3. The first-order chi connectivity index (χ1) is 8.90. The zero-order valence-corrected chi connectivity index (χ0v) is 13.9. The molecular weight excluding hydrogens is 232 g/mol. The molecule has 4 atom stereocenters. The van der Waals surface area contributed by atoms with Crippen LogP contribution in [0.1, 0.15) is 86.0 Å². The number of rotatable bonds is 7. The highest BCUT2D eigenvalue weighted by Crippen LogP contribution is 2.44. The minimum atomic E-state index is -0.0672. The predicted molar refractivity (Wildman–Crippen MR) is 84.2 cm³/mol. The maximum Gasteiger partial charge on any atom is 0.0576 e. The number of aliphatic hydroxyl groups excluding tert-OH is 1. The van der Waals surface area contributed by atoms with E-state index in [-0.39, 0.29) is 6.10 Å². The van der Waals surface area contributed by atoms with Crippen molar-refractivity contribution in [2.45, 2.75) is 92.1 Å². The fraction of sp³-hybridized carbons (Fsp3) is 1.00. The van der Waals surface area contributed by atoms with Crippen LogP contribution in [-0.2, 0) is 0 Å². The van der Waals surface area contributed by atoms with Gasteiger partial charge in [-0.3, -0.25) is 0 Å². The van der Waals surface area contributed by atoms with Crippen LogP contribution in [0.3, 0.4) is 0 Å². The fourth-order valence-corrected chi connectivity index (χ4v) is 4.10. The van der Waals surface area contributed by atoms with Crippen LogP contribution in [0.15, 0.2) is 0 Å². The maximum absolute atomic E-state index is 10.4. The van der Waals surface area contributed by atoms with E-state index < -0.39 is 0 Å². The summed E-state index contributed by atoms with van der Waals surface area (Å²) in [5, 5.41) is 10.4. The number of aliphatic hydroxyl groups is 1. The average Bonchev–Trinajstić information content (AvgIpc) is 2.33. The van der Waals surface area contributed by atoms with Gasteiger partial charge < -0.3 is 5.11 Å². The summed E-state index contributed by atoms with van der Waals surface area (Å²) in [5.41, 5.74) is 0.300. The highest BCUT2D eigenvalue weighted by Gasteiger charge is 2.38. The third-order valence-electron chi connectivity index (χ3n) is 5.44. The van der Waals surface area contributed by atoms with Crippen LogP contribution in [0, 0.1) is 23.2 Å². The number of hydrogen-bond acceptors (Lipinski definition) is 1. The van der Waals surface area contributed by atoms with Crippen LogP contribution >= 0.6 is 0 Å². The molecule has 0 spiro atoms. The van der Waals surface area contributed by atoms with Gasteiger partial charge in [-0.15, -0.1) is 0 Å². The quantitative estimate of drug-likeness (QED) is 0.654. The van der Waals surface area contributed by atoms with E-state index >= 15 is 0 Å². The van der Waals surface area contributed by atoms with Gasteiger partial charge in [0.05, 0.1) is 6.10 Å². The second-order valence-electron chi connectivity index (χ2n) is 7.70. The molecule has 0 radical (unpaired) electrons. The Labute approximate surface area is 121 Å². The zero-order chi connectivity index (χ0) is 14.5. The molecule has 114 valence electrons. The van der Waals surface area contributed by atoms with Gasteiger partial charge in [0.1, 0.15) is 0 Å². The third-order valence-corrected chi connectivity index (χ3v) is 5.44. The van der Waals surface area contributed by atoms with E-state index in [1.165, 1.54) is 44.9 Å². The summed E-state index contributed by atoms with van der Waals surface area (Å²) in [6.07, 6.45) is 10.1. The molecule has 0 aromatic heterocycles. The van der Waals surface area contributed by atoms with Gasteiger partial charge in [-0.1, -0.05) is 66.7 Å². The van der Waals surface area contributed by atoms with E-state index in [4.69, 9.17) is 0 Å². The maximum atomic E-state index is 10.4. The van der Waals surface area contributed by atoms with Crippen molar-refractivity contribution >= 4 is 0 Å². The molecule has 4 unspecified atom stereocenters. The molecule has 0 aliphatic heterocycles. The van der Waals surface area contributed by atoms with Crippen LogP contribution in [-0.4, -0.2) is 11.2 Å². The summed E-state index contributed by atoms with van der Waals surface area (Å²) in [6.45, 7) is 11.7. The summed E-state index contributed by atoms with van der Waals surface area (Å²) in [4.78, 5) is 0. The van der Waals surface area contributed by atoms with Crippen LogP contribution in [0.4, 0.5) is 0 Å². The standard InChI is InChI=1S/C18H36O/c1-6-8-9-15(7-2)13-18(4,5)16-11-10-14(3)12-17(16)19/h14-17,19H,6-13H2,1-5H3. The summed E-state index contributed by atoms with van der Waals surface area (Å²) in [7, 11) is 0. The van der Waals surface area contributed by atoms with Gasteiger partial charge in [0.25, 0.3) is 0 Å². The molecule has 1 saturated carbocycles. The monoisotopic (exact) mass is 268 g/mol. The molecule has 0 amide bonds. The molecule has 19 heavy (non-hydrogen) atoms. The second-order valence-corrected chi connectivity index (χ2v) is 7.70. The molecule has 0 bridgehead atoms. The Bertz CT molecular complexity index is 246. The minimum Gasteiger partial charge on any atom is -0.393 e. The third kappa shape index (κ3) is 5.10. The van der Waals surface area contributed by atoms with Crippen molar-refractivity contribution in [3.05, 3.63) is 0 Å². The lowest BCUT2D eigenvalue weighted by atomic mass is 9.64. The Morgan fingerprint density at radius 1 is 1.21 bits per heavy atom. The lowest BCUT2D eigenvalue weighted by molar-refractivity contribution is -0.0228. The number of hydrogen-bond donors (Lipinski definition) is 1. The first-order valence-electron chi connectivity index (χ1n) is 8.58. The van der Waals surface area contributed by atoms with Crippen LogP contribution in [0.5, 0.6) is 0 Å². The van der Waals surface area contributed by atoms with Crippen molar-refractivity contribution in [1.29, 1.82) is 0 Å². The molecule has 1 N–H and O–H groups in total. The molecule has 1 aliphatic rings. The molecule has 1 nitrogen and oxygen atoms in total. The zero-order valence-electron chi connectivity index (χ0n) is 13.9. The van der Waals surface area contributed by atoms with Crippen LogP contribution < -0.4 is 0 Å². The normalized spacial score (nSPS) is 30.3. The summed E-state index contributed by atoms with van der Waals surface area (Å²) in [6, 6.07) is 0. The average molecular weight is 268 g/mol. The van der Waals surface area contributed by atoms with Crippen LogP contribution in [0.2, 0.25) is 0 Å². The molecule has 0 heterocycles. The van der Waals surface area contributed by atoms with Crippen molar-refractivity contribution in [2.24, 2.45) is 23.2 Å². The lowest BCUT2D eigenvalue weighted by Gasteiger charge is -2.43. The van der Waals surface area contributed by atoms with Crippen molar-refractivity contribution in [3.63, 3.8) is 0 Å². The van der Waals surface area contributed by atoms with Gasteiger partial charge in [-0.05, 0) is 42.4 Å². The molecule has 0 saturated heterocycles. The Balaban J connectivity index is 2.57. The molecule has 0 aromatic carbocycles. The van der Waals surface area contributed by atoms with E-state index in [9.17, 15) is 5.11 Å². The van der Waals surface area contributed by atoms with E-state index in [1.54, 1.807) is 0 Å². The SMILES string of the molecule is CCCCC(CC)CC(C)(C)C1CCC(C)CC1O. The van der Waals surface area contributed by atoms with Gasteiger partial charge in [0, 0.05) is 0 Å². The van der Waals surface area contributed by atoms with E-state index in [1.807, 2.05) is 0 Å². The van der Waals surface area contributed by atoms with Gasteiger partial charge in [0.2, 0.25) is 0 Å². The predicted octanol–water partition coefficient (Wildman–Crippen LogP) is 5.42. The van der Waals surface area contributed by atoms with Gasteiger partial charge in [-0.2, -0.15) is 0 Å². The second kappa shape index (κ2) is 7.67. The lowest BCUT2D eigenvalue weighted by Crippen LogP contribution is -2.39. The first-order valence-corrected chi connectivity index (χ1v) is 8.58. The van der Waals surface area contributed by atoms with Gasteiger partial charge >= 0.3 is 0 Å². The molecular formula is C18H36O. The summed E-state index contributed by atoms with van der Waals surface area (Å²) >= 11 is 0. The molecule has 0 aromatic rings. The summed E-state index contributed by atoms with van der Waals surface area (Å²) in [5.74, 6) is 2.07. The van der Waals surface area contributed by atoms with Crippen molar-refractivity contribution in [1.82, 2.24) is 0 Å². The molecule has 1 rings (SSSR count). The first kappa shape index (κ1) is 17.0. The fourth-order valence-electron chi connectivity index (χ4n) is 4.10. The Morgan fingerprint density at radius 2 is 1.89 bits per heavy atom. The van der Waals surface area contributed by atoms with Gasteiger partial charge in [0.15, 0.2) is 0 Å². The largest absolute Gasteiger partial charge is 0.393 e. The number of unbranched alkanes of at least 4 members (excludes halogenated alkanes) is 1. The minimum absolute atomic E-state index is 0.0672. The van der Waals surface area contributed by atoms with Crippen molar-refractivity contribution in [2.75, 3.05) is 0 Å². The Morgan fingerprint density at radius 3 is 2.42 bits per heavy atom. The Kier molecular flexibility index (Phi) is 6.86.